The first-order valence-electron chi connectivity index (χ1n) is 3.06. The molecular weight excluding hydrogens is 267 g/mol. The molecule has 5 heteroatoms. The van der Waals surface area contributed by atoms with E-state index in [1.165, 1.54) is 0 Å². The minimum atomic E-state index is 0. The Morgan fingerprint density at radius 2 is 2.00 bits per heavy atom. The van der Waals surface area contributed by atoms with Crippen molar-refractivity contribution >= 4 is 0 Å². The molecule has 0 unspecified atom stereocenters. The van der Waals surface area contributed by atoms with E-state index in [1.54, 1.807) is 29.6 Å². The van der Waals surface area contributed by atoms with Gasteiger partial charge in [0.05, 0.1) is 14.1 Å². The van der Waals surface area contributed by atoms with Crippen molar-refractivity contribution in [3.8, 4) is 12.1 Å². The van der Waals surface area contributed by atoms with E-state index in [-0.39, 0.29) is 24.0 Å². The number of rotatable bonds is 0. The van der Waals surface area contributed by atoms with Crippen molar-refractivity contribution in [1.29, 1.82) is 10.5 Å². The van der Waals surface area contributed by atoms with Crippen LogP contribution in [0, 0.1) is 22.7 Å². The fourth-order valence-corrected chi connectivity index (χ4v) is 0.973. The maximum Gasteiger partial charge on any atom is 0.263 e. The van der Waals surface area contributed by atoms with Crippen LogP contribution in [-0.4, -0.2) is 4.57 Å². The lowest BCUT2D eigenvalue weighted by Gasteiger charge is -1.78. The SMILES string of the molecule is Cn1c[n+](C)c(C#N)c1C#N.[I-]. The van der Waals surface area contributed by atoms with E-state index in [0.29, 0.717) is 11.4 Å². The number of imidazole rings is 1. The van der Waals surface area contributed by atoms with Gasteiger partial charge in [0.15, 0.2) is 0 Å². The summed E-state index contributed by atoms with van der Waals surface area (Å²) in [4.78, 5) is 0. The second-order valence-corrected chi connectivity index (χ2v) is 2.26. The van der Waals surface area contributed by atoms with E-state index in [4.69, 9.17) is 10.5 Å². The van der Waals surface area contributed by atoms with Gasteiger partial charge in [-0.2, -0.15) is 10.5 Å². The van der Waals surface area contributed by atoms with Crippen molar-refractivity contribution in [2.24, 2.45) is 14.1 Å². The zero-order chi connectivity index (χ0) is 8.43. The number of hydrogen-bond acceptors (Lipinski definition) is 2. The highest BCUT2D eigenvalue weighted by molar-refractivity contribution is 5.32. The first-order valence-corrected chi connectivity index (χ1v) is 3.06. The first kappa shape index (κ1) is 10.9. The normalized spacial score (nSPS) is 8.00. The minimum absolute atomic E-state index is 0. The molecule has 1 aromatic heterocycles. The molecule has 0 aliphatic rings. The number of halogens is 1. The van der Waals surface area contributed by atoms with E-state index >= 15 is 0 Å². The molecule has 0 bridgehead atoms. The first-order chi connectivity index (χ1) is 5.20. The monoisotopic (exact) mass is 274 g/mol. The Hall–Kier alpha value is -1.08. The second-order valence-electron chi connectivity index (χ2n) is 2.26. The molecule has 1 rings (SSSR count). The molecule has 4 nitrogen and oxygen atoms in total. The summed E-state index contributed by atoms with van der Waals surface area (Å²) < 4.78 is 3.25. The Morgan fingerprint density at radius 1 is 1.42 bits per heavy atom. The molecule has 0 atom stereocenters. The molecule has 62 valence electrons. The number of aryl methyl sites for hydroxylation is 2. The third-order valence-corrected chi connectivity index (χ3v) is 1.49. The van der Waals surface area contributed by atoms with Gasteiger partial charge in [-0.25, -0.2) is 9.13 Å². The minimum Gasteiger partial charge on any atom is -1.00 e. The van der Waals surface area contributed by atoms with Crippen LogP contribution in [0.25, 0.3) is 0 Å². The van der Waals surface area contributed by atoms with Crippen molar-refractivity contribution in [1.82, 2.24) is 4.57 Å². The third-order valence-electron chi connectivity index (χ3n) is 1.49. The highest BCUT2D eigenvalue weighted by Crippen LogP contribution is 1.98. The average molecular weight is 274 g/mol. The van der Waals surface area contributed by atoms with E-state index < -0.39 is 0 Å². The Bertz CT molecular complexity index is 331. The summed E-state index contributed by atoms with van der Waals surface area (Å²) in [6.07, 6.45) is 1.69. The molecule has 1 heterocycles. The highest BCUT2D eigenvalue weighted by Gasteiger charge is 2.17. The van der Waals surface area contributed by atoms with Crippen LogP contribution in [0.3, 0.4) is 0 Å². The van der Waals surface area contributed by atoms with Gasteiger partial charge >= 0.3 is 0 Å². The van der Waals surface area contributed by atoms with Crippen LogP contribution in [0.5, 0.6) is 0 Å². The number of nitriles is 2. The van der Waals surface area contributed by atoms with Crippen LogP contribution in [0.1, 0.15) is 11.4 Å². The molecule has 0 saturated heterocycles. The summed E-state index contributed by atoms with van der Waals surface area (Å²) in [5, 5.41) is 17.2. The summed E-state index contributed by atoms with van der Waals surface area (Å²) >= 11 is 0. The number of nitrogens with zero attached hydrogens (tertiary/aromatic N) is 4. The zero-order valence-electron chi connectivity index (χ0n) is 6.74. The van der Waals surface area contributed by atoms with Crippen LogP contribution >= 0.6 is 0 Å². The maximum absolute atomic E-state index is 8.61. The molecule has 0 spiro atoms. The lowest BCUT2D eigenvalue weighted by Crippen LogP contribution is -3.00. The third kappa shape index (κ3) is 1.56. The van der Waals surface area contributed by atoms with E-state index in [9.17, 15) is 0 Å². The number of aromatic nitrogens is 2. The summed E-state index contributed by atoms with van der Waals surface area (Å²) in [6.45, 7) is 0. The van der Waals surface area contributed by atoms with Crippen molar-refractivity contribution in [2.45, 2.75) is 0 Å². The number of hydrogen-bond donors (Lipinski definition) is 0. The van der Waals surface area contributed by atoms with Crippen LogP contribution < -0.4 is 28.5 Å². The van der Waals surface area contributed by atoms with Gasteiger partial charge in [0, 0.05) is 0 Å². The summed E-state index contributed by atoms with van der Waals surface area (Å²) in [5.41, 5.74) is 0.796. The van der Waals surface area contributed by atoms with Crippen molar-refractivity contribution < 1.29 is 28.5 Å². The molecule has 0 aliphatic heterocycles. The Balaban J connectivity index is 0.00000121. The molecule has 0 amide bonds. The second kappa shape index (κ2) is 4.07. The van der Waals surface area contributed by atoms with Gasteiger partial charge in [0.1, 0.15) is 12.1 Å². The highest BCUT2D eigenvalue weighted by atomic mass is 127. The van der Waals surface area contributed by atoms with Crippen LogP contribution in [-0.2, 0) is 14.1 Å². The average Bonchev–Trinajstić information content (AvgIpc) is 2.24. The van der Waals surface area contributed by atoms with E-state index in [1.807, 2.05) is 12.1 Å². The largest absolute Gasteiger partial charge is 1.00 e. The van der Waals surface area contributed by atoms with Crippen LogP contribution in [0.15, 0.2) is 6.33 Å². The Labute approximate surface area is 87.7 Å². The molecular formula is C7H7IN4. The Morgan fingerprint density at radius 3 is 2.33 bits per heavy atom. The molecule has 0 aliphatic carbocycles. The van der Waals surface area contributed by atoms with Crippen LogP contribution in [0.2, 0.25) is 0 Å². The van der Waals surface area contributed by atoms with Gasteiger partial charge in [-0.05, 0) is 0 Å². The quantitative estimate of drug-likeness (QED) is 0.366. The summed E-state index contributed by atoms with van der Waals surface area (Å²) in [6, 6.07) is 3.91. The maximum atomic E-state index is 8.61. The van der Waals surface area contributed by atoms with Gasteiger partial charge in [0.25, 0.3) is 11.4 Å². The Kier molecular flexibility index (Phi) is 3.71. The molecule has 1 aromatic rings. The summed E-state index contributed by atoms with van der Waals surface area (Å²) in [5.74, 6) is 0. The van der Waals surface area contributed by atoms with Crippen molar-refractivity contribution in [3.63, 3.8) is 0 Å². The van der Waals surface area contributed by atoms with Gasteiger partial charge in [-0.3, -0.25) is 0 Å². The lowest BCUT2D eigenvalue weighted by atomic mass is 10.3. The van der Waals surface area contributed by atoms with Crippen molar-refractivity contribution in [3.05, 3.63) is 17.7 Å². The van der Waals surface area contributed by atoms with E-state index in [2.05, 4.69) is 0 Å². The molecule has 0 aromatic carbocycles. The summed E-state index contributed by atoms with van der Waals surface area (Å²) in [7, 11) is 3.47. The van der Waals surface area contributed by atoms with Gasteiger partial charge in [-0.15, -0.1) is 0 Å². The fraction of sp³-hybridized carbons (Fsp3) is 0.286. The van der Waals surface area contributed by atoms with Gasteiger partial charge in [0.2, 0.25) is 6.33 Å². The topological polar surface area (TPSA) is 56.4 Å². The van der Waals surface area contributed by atoms with Crippen molar-refractivity contribution in [2.75, 3.05) is 0 Å². The fourth-order valence-electron chi connectivity index (χ4n) is 0.973. The van der Waals surface area contributed by atoms with Gasteiger partial charge < -0.3 is 24.0 Å². The van der Waals surface area contributed by atoms with Crippen LogP contribution in [0.4, 0.5) is 0 Å². The molecule has 0 saturated carbocycles. The predicted octanol–water partition coefficient (Wildman–Crippen LogP) is -3.40. The zero-order valence-corrected chi connectivity index (χ0v) is 8.90. The standard InChI is InChI=1S/C7H7N4.HI/c1-10-5-11(2)7(4-9)6(10)3-8;/h5H,1-2H3;1H/q+1;/p-1. The molecule has 0 radical (unpaired) electrons. The van der Waals surface area contributed by atoms with E-state index in [0.717, 1.165) is 0 Å². The molecule has 12 heavy (non-hydrogen) atoms. The van der Waals surface area contributed by atoms with Gasteiger partial charge in [-0.1, -0.05) is 0 Å². The smallest absolute Gasteiger partial charge is 0.263 e. The molecule has 0 N–H and O–H groups in total. The molecule has 0 fully saturated rings. The lowest BCUT2D eigenvalue weighted by molar-refractivity contribution is -0.673. The predicted molar refractivity (Wildman–Crippen MR) is 36.0 cm³/mol.